The molecule has 1 atom stereocenters. The topological polar surface area (TPSA) is 65.9 Å². The molecule has 0 N–H and O–H groups in total. The molecule has 1 aromatic carbocycles. The summed E-state index contributed by atoms with van der Waals surface area (Å²) in [5, 5.41) is 0. The van der Waals surface area contributed by atoms with Crippen LogP contribution in [0.25, 0.3) is 0 Å². The second-order valence-corrected chi connectivity index (χ2v) is 7.21. The summed E-state index contributed by atoms with van der Waals surface area (Å²) in [6.07, 6.45) is 1.93. The molecule has 1 saturated heterocycles. The molecule has 0 unspecified atom stereocenters. The van der Waals surface area contributed by atoms with Crippen molar-refractivity contribution in [3.8, 4) is 11.5 Å². The number of nitrogens with zero attached hydrogens (tertiary/aromatic N) is 3. The van der Waals surface area contributed by atoms with Crippen LogP contribution < -0.4 is 14.4 Å². The fourth-order valence-corrected chi connectivity index (χ4v) is 3.91. The largest absolute Gasteiger partial charge is 0.493 e. The van der Waals surface area contributed by atoms with Gasteiger partial charge in [-0.3, -0.25) is 0 Å². The van der Waals surface area contributed by atoms with Gasteiger partial charge in [0.2, 0.25) is 0 Å². The SMILES string of the molecule is COCc1nc([C@H]2CCOC2)cc(N2CCc3cc(OC)c(OC)cc3C2)n1. The number of hydrogen-bond donors (Lipinski definition) is 0. The Hall–Kier alpha value is -2.38. The summed E-state index contributed by atoms with van der Waals surface area (Å²) in [4.78, 5) is 11.8. The van der Waals surface area contributed by atoms with Crippen LogP contribution in [-0.2, 0) is 29.0 Å². The number of hydrogen-bond acceptors (Lipinski definition) is 7. The van der Waals surface area contributed by atoms with Crippen LogP contribution in [-0.4, -0.2) is 51.1 Å². The van der Waals surface area contributed by atoms with E-state index >= 15 is 0 Å². The van der Waals surface area contributed by atoms with E-state index in [1.165, 1.54) is 11.1 Å². The van der Waals surface area contributed by atoms with Gasteiger partial charge in [0.15, 0.2) is 17.3 Å². The van der Waals surface area contributed by atoms with Crippen LogP contribution in [0.2, 0.25) is 0 Å². The lowest BCUT2D eigenvalue weighted by Crippen LogP contribution is -2.31. The van der Waals surface area contributed by atoms with Crippen molar-refractivity contribution in [2.24, 2.45) is 0 Å². The number of rotatable bonds is 6. The van der Waals surface area contributed by atoms with E-state index in [-0.39, 0.29) is 0 Å². The molecule has 2 aliphatic heterocycles. The van der Waals surface area contributed by atoms with Crippen LogP contribution in [0, 0.1) is 0 Å². The quantitative estimate of drug-likeness (QED) is 0.757. The first-order valence-corrected chi connectivity index (χ1v) is 9.65. The third-order valence-electron chi connectivity index (χ3n) is 5.44. The molecule has 7 nitrogen and oxygen atoms in total. The summed E-state index contributed by atoms with van der Waals surface area (Å²) in [5.74, 6) is 3.54. The minimum Gasteiger partial charge on any atom is -0.493 e. The van der Waals surface area contributed by atoms with Crippen molar-refractivity contribution in [1.29, 1.82) is 0 Å². The highest BCUT2D eigenvalue weighted by atomic mass is 16.5. The van der Waals surface area contributed by atoms with Gasteiger partial charge in [-0.25, -0.2) is 9.97 Å². The Kier molecular flexibility index (Phi) is 5.64. The van der Waals surface area contributed by atoms with Crippen molar-refractivity contribution in [3.05, 3.63) is 40.8 Å². The van der Waals surface area contributed by atoms with Crippen molar-refractivity contribution in [2.75, 3.05) is 46.0 Å². The summed E-state index contributed by atoms with van der Waals surface area (Å²) in [6, 6.07) is 6.27. The first-order valence-electron chi connectivity index (χ1n) is 9.65. The zero-order valence-corrected chi connectivity index (χ0v) is 16.7. The van der Waals surface area contributed by atoms with E-state index in [0.29, 0.717) is 12.5 Å². The van der Waals surface area contributed by atoms with Crippen LogP contribution in [0.15, 0.2) is 18.2 Å². The molecule has 0 amide bonds. The average molecular weight is 385 g/mol. The van der Waals surface area contributed by atoms with Crippen LogP contribution in [0.1, 0.15) is 35.0 Å². The monoisotopic (exact) mass is 385 g/mol. The normalized spacial score (nSPS) is 18.8. The van der Waals surface area contributed by atoms with Crippen molar-refractivity contribution in [3.63, 3.8) is 0 Å². The molecule has 2 aliphatic rings. The number of aromatic nitrogens is 2. The Morgan fingerprint density at radius 2 is 1.86 bits per heavy atom. The Bertz CT molecular complexity index is 837. The second-order valence-electron chi connectivity index (χ2n) is 7.21. The van der Waals surface area contributed by atoms with Gasteiger partial charge in [-0.15, -0.1) is 0 Å². The maximum atomic E-state index is 5.56. The van der Waals surface area contributed by atoms with E-state index < -0.39 is 0 Å². The van der Waals surface area contributed by atoms with E-state index in [9.17, 15) is 0 Å². The smallest absolute Gasteiger partial charge is 0.161 e. The summed E-state index contributed by atoms with van der Waals surface area (Å²) >= 11 is 0. The molecule has 7 heteroatoms. The van der Waals surface area contributed by atoms with Gasteiger partial charge in [-0.2, -0.15) is 0 Å². The average Bonchev–Trinajstić information content (AvgIpc) is 3.27. The summed E-state index contributed by atoms with van der Waals surface area (Å²) in [6.45, 7) is 3.60. The Morgan fingerprint density at radius 3 is 2.54 bits per heavy atom. The Balaban J connectivity index is 1.64. The lowest BCUT2D eigenvalue weighted by atomic mass is 9.98. The van der Waals surface area contributed by atoms with Crippen LogP contribution in [0.4, 0.5) is 5.82 Å². The lowest BCUT2D eigenvalue weighted by Gasteiger charge is -2.31. The number of ether oxygens (including phenoxy) is 4. The molecular weight excluding hydrogens is 358 g/mol. The van der Waals surface area contributed by atoms with Crippen LogP contribution >= 0.6 is 0 Å². The molecule has 1 fully saturated rings. The van der Waals surface area contributed by atoms with Crippen molar-refractivity contribution in [2.45, 2.75) is 31.9 Å². The van der Waals surface area contributed by atoms with Gasteiger partial charge in [0.1, 0.15) is 12.4 Å². The molecule has 0 aliphatic carbocycles. The fourth-order valence-electron chi connectivity index (χ4n) is 3.91. The predicted molar refractivity (Wildman–Crippen MR) is 105 cm³/mol. The molecular formula is C21H27N3O4. The first kappa shape index (κ1) is 19.0. The molecule has 0 radical (unpaired) electrons. The molecule has 28 heavy (non-hydrogen) atoms. The van der Waals surface area contributed by atoms with E-state index in [2.05, 4.69) is 23.1 Å². The lowest BCUT2D eigenvalue weighted by molar-refractivity contribution is 0.177. The van der Waals surface area contributed by atoms with E-state index in [1.807, 2.05) is 0 Å². The number of methoxy groups -OCH3 is 3. The van der Waals surface area contributed by atoms with E-state index in [1.54, 1.807) is 21.3 Å². The Morgan fingerprint density at radius 1 is 1.07 bits per heavy atom. The molecule has 3 heterocycles. The molecule has 0 bridgehead atoms. The van der Waals surface area contributed by atoms with Crippen LogP contribution in [0.3, 0.4) is 0 Å². The number of fused-ring (bicyclic) bond motifs is 1. The molecule has 1 aromatic heterocycles. The van der Waals surface area contributed by atoms with E-state index in [0.717, 1.165) is 68.0 Å². The third kappa shape index (κ3) is 3.77. The van der Waals surface area contributed by atoms with Crippen molar-refractivity contribution in [1.82, 2.24) is 9.97 Å². The standard InChI is InChI=1S/C21H27N3O4/c1-25-13-20-22-17(15-5-7-28-12-15)10-21(23-20)24-6-4-14-8-18(26-2)19(27-3)9-16(14)11-24/h8-10,15H,4-7,11-13H2,1-3H3/t15-/m0/s1. The van der Waals surface area contributed by atoms with Gasteiger partial charge in [0.25, 0.3) is 0 Å². The third-order valence-corrected chi connectivity index (χ3v) is 5.44. The first-order chi connectivity index (χ1) is 13.7. The molecule has 4 rings (SSSR count). The van der Waals surface area contributed by atoms with Gasteiger partial charge in [0.05, 0.1) is 26.5 Å². The van der Waals surface area contributed by atoms with Gasteiger partial charge in [0, 0.05) is 38.8 Å². The zero-order chi connectivity index (χ0) is 19.5. The van der Waals surface area contributed by atoms with E-state index in [4.69, 9.17) is 28.9 Å². The highest BCUT2D eigenvalue weighted by Crippen LogP contribution is 2.35. The van der Waals surface area contributed by atoms with Crippen molar-refractivity contribution < 1.29 is 18.9 Å². The predicted octanol–water partition coefficient (Wildman–Crippen LogP) is 2.71. The van der Waals surface area contributed by atoms with Gasteiger partial charge < -0.3 is 23.8 Å². The summed E-state index contributed by atoms with van der Waals surface area (Å²) < 4.78 is 21.8. The molecule has 150 valence electrons. The van der Waals surface area contributed by atoms with Crippen molar-refractivity contribution >= 4 is 5.82 Å². The van der Waals surface area contributed by atoms with Crippen LogP contribution in [0.5, 0.6) is 11.5 Å². The number of benzene rings is 1. The minimum absolute atomic E-state index is 0.332. The second kappa shape index (κ2) is 8.32. The maximum absolute atomic E-state index is 5.56. The maximum Gasteiger partial charge on any atom is 0.161 e. The zero-order valence-electron chi connectivity index (χ0n) is 16.7. The highest BCUT2D eigenvalue weighted by Gasteiger charge is 2.24. The minimum atomic E-state index is 0.332. The summed E-state index contributed by atoms with van der Waals surface area (Å²) in [5.41, 5.74) is 3.58. The Labute approximate surface area is 165 Å². The highest BCUT2D eigenvalue weighted by molar-refractivity contribution is 5.52. The molecule has 0 saturated carbocycles. The molecule has 2 aromatic rings. The fraction of sp³-hybridized carbons (Fsp3) is 0.524. The molecule has 0 spiro atoms. The van der Waals surface area contributed by atoms with Gasteiger partial charge >= 0.3 is 0 Å². The van der Waals surface area contributed by atoms with Gasteiger partial charge in [-0.1, -0.05) is 0 Å². The van der Waals surface area contributed by atoms with Gasteiger partial charge in [-0.05, 0) is 36.1 Å². The summed E-state index contributed by atoms with van der Waals surface area (Å²) in [7, 11) is 5.01. The number of anilines is 1.